The van der Waals surface area contributed by atoms with Crippen LogP contribution in [0.1, 0.15) is 5.56 Å². The molecule has 0 bridgehead atoms. The third-order valence-electron chi connectivity index (χ3n) is 1.74. The molecule has 14 heavy (non-hydrogen) atoms. The van der Waals surface area contributed by atoms with Crippen LogP contribution in [-0.4, -0.2) is 18.2 Å². The maximum atomic E-state index is 12.2. The normalized spacial score (nSPS) is 11.1. The number of methoxy groups -OCH3 is 1. The van der Waals surface area contributed by atoms with Crippen LogP contribution < -0.4 is 4.74 Å². The number of carboxylic acids is 1. The fourth-order valence-electron chi connectivity index (χ4n) is 1.00. The summed E-state index contributed by atoms with van der Waals surface area (Å²) in [5.41, 5.74) is -0.0616. The first-order valence-electron chi connectivity index (χ1n) is 3.87. The summed E-state index contributed by atoms with van der Waals surface area (Å²) in [5, 5.41) is 8.61. The van der Waals surface area contributed by atoms with Gasteiger partial charge in [-0.1, -0.05) is 12.1 Å². The fraction of sp³-hybridized carbons (Fsp3) is 0.100. The van der Waals surface area contributed by atoms with Crippen molar-refractivity contribution in [2.24, 2.45) is 0 Å². The topological polar surface area (TPSA) is 46.5 Å². The van der Waals surface area contributed by atoms with Crippen LogP contribution in [0.3, 0.4) is 0 Å². The lowest BCUT2D eigenvalue weighted by molar-refractivity contribution is -0.130. The largest absolute Gasteiger partial charge is 0.497 e. The van der Waals surface area contributed by atoms with E-state index in [9.17, 15) is 9.18 Å². The molecule has 0 radical (unpaired) electrons. The van der Waals surface area contributed by atoms with E-state index in [0.717, 1.165) is 0 Å². The summed E-state index contributed by atoms with van der Waals surface area (Å²) >= 11 is 0. The first-order chi connectivity index (χ1) is 6.69. The van der Waals surface area contributed by atoms with E-state index in [1.54, 1.807) is 12.1 Å². The lowest BCUT2D eigenvalue weighted by Crippen LogP contribution is -1.98. The third-order valence-corrected chi connectivity index (χ3v) is 1.74. The third kappa shape index (κ3) is 2.10. The number of ether oxygens (including phenoxy) is 1. The number of benzene rings is 1. The van der Waals surface area contributed by atoms with Crippen LogP contribution in [0.5, 0.6) is 5.75 Å². The molecule has 0 aliphatic rings. The van der Waals surface area contributed by atoms with Crippen molar-refractivity contribution in [3.8, 4) is 5.75 Å². The van der Waals surface area contributed by atoms with Crippen molar-refractivity contribution in [3.05, 3.63) is 36.2 Å². The van der Waals surface area contributed by atoms with Gasteiger partial charge in [-0.3, -0.25) is 0 Å². The van der Waals surface area contributed by atoms with Crippen LogP contribution in [0.25, 0.3) is 5.57 Å². The van der Waals surface area contributed by atoms with E-state index < -0.39 is 5.97 Å². The molecule has 0 saturated heterocycles. The Labute approximate surface area is 80.4 Å². The van der Waals surface area contributed by atoms with E-state index in [0.29, 0.717) is 11.3 Å². The van der Waals surface area contributed by atoms with E-state index in [1.165, 1.54) is 19.2 Å². The van der Waals surface area contributed by atoms with E-state index in [2.05, 4.69) is 0 Å². The van der Waals surface area contributed by atoms with Crippen LogP contribution in [-0.2, 0) is 4.79 Å². The number of halogens is 1. The molecule has 4 heteroatoms. The molecule has 0 aromatic heterocycles. The molecule has 3 nitrogen and oxygen atoms in total. The molecule has 74 valence electrons. The van der Waals surface area contributed by atoms with Crippen LogP contribution in [0, 0.1) is 0 Å². The molecule has 0 atom stereocenters. The van der Waals surface area contributed by atoms with Crippen LogP contribution in [0.2, 0.25) is 0 Å². The Bertz CT molecular complexity index is 354. The second kappa shape index (κ2) is 4.41. The summed E-state index contributed by atoms with van der Waals surface area (Å²) < 4.78 is 17.1. The van der Waals surface area contributed by atoms with Gasteiger partial charge in [0.25, 0.3) is 0 Å². The molecule has 1 aromatic rings. The highest BCUT2D eigenvalue weighted by atomic mass is 19.1. The number of hydrogen-bond donors (Lipinski definition) is 1. The van der Waals surface area contributed by atoms with Crippen molar-refractivity contribution in [2.45, 2.75) is 0 Å². The molecule has 1 N–H and O–H groups in total. The van der Waals surface area contributed by atoms with Crippen molar-refractivity contribution >= 4 is 11.5 Å². The van der Waals surface area contributed by atoms with Gasteiger partial charge in [0.1, 0.15) is 12.1 Å². The zero-order valence-electron chi connectivity index (χ0n) is 7.53. The first kappa shape index (κ1) is 10.2. The smallest absolute Gasteiger partial charge is 0.338 e. The number of rotatable bonds is 3. The summed E-state index contributed by atoms with van der Waals surface area (Å²) in [6.07, 6.45) is 0.0736. The number of carboxylic acid groups (broad SMARTS) is 1. The zero-order valence-corrected chi connectivity index (χ0v) is 7.53. The minimum absolute atomic E-state index is 0.0736. The van der Waals surface area contributed by atoms with Crippen molar-refractivity contribution in [2.75, 3.05) is 7.11 Å². The predicted molar refractivity (Wildman–Crippen MR) is 49.7 cm³/mol. The zero-order chi connectivity index (χ0) is 10.6. The van der Waals surface area contributed by atoms with E-state index in [-0.39, 0.29) is 11.9 Å². The van der Waals surface area contributed by atoms with Gasteiger partial charge >= 0.3 is 5.97 Å². The maximum Gasteiger partial charge on any atom is 0.338 e. The van der Waals surface area contributed by atoms with Gasteiger partial charge < -0.3 is 9.84 Å². The van der Waals surface area contributed by atoms with Gasteiger partial charge in [-0.05, 0) is 17.7 Å². The van der Waals surface area contributed by atoms with Gasteiger partial charge in [0, 0.05) is 0 Å². The van der Waals surface area contributed by atoms with Gasteiger partial charge in [-0.15, -0.1) is 0 Å². The van der Waals surface area contributed by atoms with E-state index in [4.69, 9.17) is 9.84 Å². The molecule has 0 fully saturated rings. The molecular weight excluding hydrogens is 187 g/mol. The Morgan fingerprint density at radius 3 is 2.36 bits per heavy atom. The summed E-state index contributed by atoms with van der Waals surface area (Å²) in [6.45, 7) is 0. The molecule has 0 amide bonds. The Morgan fingerprint density at radius 2 is 2.00 bits per heavy atom. The second-order valence-corrected chi connectivity index (χ2v) is 2.56. The molecule has 1 aromatic carbocycles. The fourth-order valence-corrected chi connectivity index (χ4v) is 1.00. The molecule has 0 unspecified atom stereocenters. The Kier molecular flexibility index (Phi) is 3.23. The Balaban J connectivity index is 3.02. The molecule has 0 spiro atoms. The summed E-state index contributed by atoms with van der Waals surface area (Å²) in [6, 6.07) is 6.11. The molecule has 0 aliphatic carbocycles. The van der Waals surface area contributed by atoms with Crippen molar-refractivity contribution < 1.29 is 19.0 Å². The van der Waals surface area contributed by atoms with Crippen LogP contribution in [0.4, 0.5) is 4.39 Å². The highest BCUT2D eigenvalue weighted by Crippen LogP contribution is 2.18. The van der Waals surface area contributed by atoms with Gasteiger partial charge in [-0.2, -0.15) is 0 Å². The summed E-state index contributed by atoms with van der Waals surface area (Å²) in [5.74, 6) is -0.699. The average molecular weight is 196 g/mol. The van der Waals surface area contributed by atoms with Gasteiger partial charge in [0.05, 0.1) is 12.7 Å². The molecule has 0 heterocycles. The summed E-state index contributed by atoms with van der Waals surface area (Å²) in [7, 11) is 1.50. The van der Waals surface area contributed by atoms with Crippen LogP contribution >= 0.6 is 0 Å². The van der Waals surface area contributed by atoms with Gasteiger partial charge in [0.2, 0.25) is 0 Å². The highest BCUT2D eigenvalue weighted by molar-refractivity contribution is 6.14. The van der Waals surface area contributed by atoms with Gasteiger partial charge in [-0.25, -0.2) is 9.18 Å². The van der Waals surface area contributed by atoms with Crippen molar-refractivity contribution in [1.82, 2.24) is 0 Å². The SMILES string of the molecule is COc1ccc(/C(=C\F)C(=O)O)cc1. The molecular formula is C10H9FO3. The van der Waals surface area contributed by atoms with Crippen molar-refractivity contribution in [3.63, 3.8) is 0 Å². The lowest BCUT2D eigenvalue weighted by atomic mass is 10.1. The minimum atomic E-state index is -1.29. The predicted octanol–water partition coefficient (Wildman–Crippen LogP) is 2.09. The van der Waals surface area contributed by atoms with E-state index in [1.807, 2.05) is 0 Å². The Hall–Kier alpha value is -1.84. The molecule has 0 aliphatic heterocycles. The number of carbonyl (C=O) groups is 1. The van der Waals surface area contributed by atoms with Crippen LogP contribution in [0.15, 0.2) is 30.6 Å². The van der Waals surface area contributed by atoms with Gasteiger partial charge in [0.15, 0.2) is 0 Å². The lowest BCUT2D eigenvalue weighted by Gasteiger charge is -2.02. The molecule has 1 rings (SSSR count). The minimum Gasteiger partial charge on any atom is -0.497 e. The Morgan fingerprint density at radius 1 is 1.43 bits per heavy atom. The number of aliphatic carboxylic acids is 1. The van der Waals surface area contributed by atoms with Crippen molar-refractivity contribution in [1.29, 1.82) is 0 Å². The standard InChI is InChI=1S/C10H9FO3/c1-14-8-4-2-7(3-5-8)9(6-11)10(12)13/h2-6H,1H3,(H,12,13)/b9-6+. The quantitative estimate of drug-likeness (QED) is 0.753. The monoisotopic (exact) mass is 196 g/mol. The maximum absolute atomic E-state index is 12.2. The summed E-state index contributed by atoms with van der Waals surface area (Å²) in [4.78, 5) is 10.5. The second-order valence-electron chi connectivity index (χ2n) is 2.56. The molecule has 0 saturated carbocycles. The van der Waals surface area contributed by atoms with E-state index >= 15 is 0 Å². The first-order valence-corrected chi connectivity index (χ1v) is 3.87. The average Bonchev–Trinajstić information content (AvgIpc) is 2.19. The number of hydrogen-bond acceptors (Lipinski definition) is 2. The highest BCUT2D eigenvalue weighted by Gasteiger charge is 2.09.